The van der Waals surface area contributed by atoms with E-state index in [1.807, 2.05) is 30.3 Å². The van der Waals surface area contributed by atoms with Gasteiger partial charge in [0.25, 0.3) is 5.91 Å². The van der Waals surface area contributed by atoms with Gasteiger partial charge < -0.3 is 10.4 Å². The van der Waals surface area contributed by atoms with Gasteiger partial charge >= 0.3 is 6.03 Å². The summed E-state index contributed by atoms with van der Waals surface area (Å²) in [7, 11) is 0. The maximum Gasteiger partial charge on any atom is 0.329 e. The topological polar surface area (TPSA) is 69.6 Å². The molecule has 0 aliphatic carbocycles. The molecule has 0 spiro atoms. The number of aryl methyl sites for hydroxylation is 2. The third-order valence-corrected chi connectivity index (χ3v) is 3.97. The number of rotatable bonds is 3. The highest BCUT2D eigenvalue weighted by molar-refractivity contribution is 6.13. The highest BCUT2D eigenvalue weighted by atomic mass is 16.3. The molecule has 5 nitrogen and oxygen atoms in total. The molecule has 2 aromatic carbocycles. The molecule has 1 fully saturated rings. The van der Waals surface area contributed by atoms with Crippen molar-refractivity contribution >= 4 is 18.0 Å². The van der Waals surface area contributed by atoms with Crippen molar-refractivity contribution < 1.29 is 14.7 Å². The van der Waals surface area contributed by atoms with Gasteiger partial charge in [0.15, 0.2) is 0 Å². The summed E-state index contributed by atoms with van der Waals surface area (Å²) in [5, 5.41) is 12.4. The second-order valence-corrected chi connectivity index (χ2v) is 5.87. The van der Waals surface area contributed by atoms with Crippen LogP contribution in [0, 0.1) is 13.8 Å². The van der Waals surface area contributed by atoms with Gasteiger partial charge in [-0.05, 0) is 54.3 Å². The molecule has 0 saturated carbocycles. The molecular formula is C19H18N2O3. The van der Waals surface area contributed by atoms with Gasteiger partial charge in [-0.1, -0.05) is 30.3 Å². The molecule has 0 atom stereocenters. The zero-order valence-corrected chi connectivity index (χ0v) is 13.5. The maximum atomic E-state index is 12.5. The number of hydrogen-bond donors (Lipinski definition) is 2. The van der Waals surface area contributed by atoms with E-state index in [0.29, 0.717) is 0 Å². The Morgan fingerprint density at radius 1 is 1.08 bits per heavy atom. The molecule has 1 heterocycles. The lowest BCUT2D eigenvalue weighted by atomic mass is 10.0. The van der Waals surface area contributed by atoms with Crippen LogP contribution in [-0.2, 0) is 11.3 Å². The number of hydrogen-bond acceptors (Lipinski definition) is 3. The minimum absolute atomic E-state index is 0.233. The molecule has 0 radical (unpaired) electrons. The van der Waals surface area contributed by atoms with Crippen molar-refractivity contribution in [2.24, 2.45) is 0 Å². The van der Waals surface area contributed by atoms with E-state index in [1.54, 1.807) is 32.1 Å². The van der Waals surface area contributed by atoms with Gasteiger partial charge in [-0.15, -0.1) is 0 Å². The molecule has 3 amide bonds. The molecule has 0 unspecified atom stereocenters. The Kier molecular flexibility index (Phi) is 4.08. The maximum absolute atomic E-state index is 12.5. The SMILES string of the molecule is Cc1cc(C=C2NC(=O)N(Cc3ccccc3)C2=O)cc(C)c1O. The van der Waals surface area contributed by atoms with E-state index in [1.165, 1.54) is 4.90 Å². The smallest absolute Gasteiger partial charge is 0.329 e. The van der Waals surface area contributed by atoms with Crippen molar-refractivity contribution in [3.8, 4) is 5.75 Å². The molecule has 0 bridgehead atoms. The van der Waals surface area contributed by atoms with Crippen LogP contribution in [-0.4, -0.2) is 21.9 Å². The number of benzene rings is 2. The van der Waals surface area contributed by atoms with Crippen LogP contribution in [0.3, 0.4) is 0 Å². The first-order valence-corrected chi connectivity index (χ1v) is 7.64. The van der Waals surface area contributed by atoms with Gasteiger partial charge in [-0.2, -0.15) is 0 Å². The Labute approximate surface area is 140 Å². The van der Waals surface area contributed by atoms with E-state index in [-0.39, 0.29) is 23.9 Å². The van der Waals surface area contributed by atoms with E-state index >= 15 is 0 Å². The first-order valence-electron chi connectivity index (χ1n) is 7.64. The standard InChI is InChI=1S/C19H18N2O3/c1-12-8-15(9-13(2)17(12)22)10-16-18(23)21(19(24)20-16)11-14-6-4-3-5-7-14/h3-10,22H,11H2,1-2H3,(H,20,24). The molecule has 24 heavy (non-hydrogen) atoms. The lowest BCUT2D eigenvalue weighted by Gasteiger charge is -2.11. The van der Waals surface area contributed by atoms with Gasteiger partial charge in [0.05, 0.1) is 6.54 Å². The average Bonchev–Trinajstić information content (AvgIpc) is 2.81. The summed E-state index contributed by atoms with van der Waals surface area (Å²) >= 11 is 0. The van der Waals surface area contributed by atoms with Crippen molar-refractivity contribution in [2.45, 2.75) is 20.4 Å². The number of nitrogens with zero attached hydrogens (tertiary/aromatic N) is 1. The third kappa shape index (κ3) is 3.01. The Morgan fingerprint density at radius 3 is 2.33 bits per heavy atom. The monoisotopic (exact) mass is 322 g/mol. The molecule has 3 rings (SSSR count). The van der Waals surface area contributed by atoms with Gasteiger partial charge in [0.2, 0.25) is 0 Å². The van der Waals surface area contributed by atoms with Crippen LogP contribution in [0.5, 0.6) is 5.75 Å². The Balaban J connectivity index is 1.86. The van der Waals surface area contributed by atoms with Crippen LogP contribution in [0.1, 0.15) is 22.3 Å². The second kappa shape index (κ2) is 6.20. The first-order chi connectivity index (χ1) is 11.5. The molecule has 122 valence electrons. The quantitative estimate of drug-likeness (QED) is 0.674. The van der Waals surface area contributed by atoms with Gasteiger partial charge in [-0.3, -0.25) is 9.69 Å². The first kappa shape index (κ1) is 15.8. The largest absolute Gasteiger partial charge is 0.507 e. The van der Waals surface area contributed by atoms with Crippen molar-refractivity contribution in [1.82, 2.24) is 10.2 Å². The Morgan fingerprint density at radius 2 is 1.71 bits per heavy atom. The molecule has 0 aromatic heterocycles. The number of phenolic OH excluding ortho intramolecular Hbond substituents is 1. The minimum Gasteiger partial charge on any atom is -0.507 e. The fourth-order valence-corrected chi connectivity index (χ4v) is 2.72. The van der Waals surface area contributed by atoms with E-state index < -0.39 is 6.03 Å². The van der Waals surface area contributed by atoms with Gasteiger partial charge in [0, 0.05) is 0 Å². The fraction of sp³-hybridized carbons (Fsp3) is 0.158. The Hall–Kier alpha value is -3.08. The van der Waals surface area contributed by atoms with Gasteiger partial charge in [-0.25, -0.2) is 4.79 Å². The fourth-order valence-electron chi connectivity index (χ4n) is 2.72. The lowest BCUT2D eigenvalue weighted by molar-refractivity contribution is -0.123. The van der Waals surface area contributed by atoms with Crippen molar-refractivity contribution in [3.63, 3.8) is 0 Å². The summed E-state index contributed by atoms with van der Waals surface area (Å²) < 4.78 is 0. The number of urea groups is 1. The molecule has 1 saturated heterocycles. The van der Waals surface area contributed by atoms with Crippen LogP contribution in [0.2, 0.25) is 0 Å². The van der Waals surface area contributed by atoms with Crippen LogP contribution in [0.25, 0.3) is 6.08 Å². The van der Waals surface area contributed by atoms with E-state index in [4.69, 9.17) is 0 Å². The van der Waals surface area contributed by atoms with Crippen LogP contribution in [0.15, 0.2) is 48.2 Å². The summed E-state index contributed by atoms with van der Waals surface area (Å²) in [6.45, 7) is 3.82. The minimum atomic E-state index is -0.428. The molecule has 1 aliphatic rings. The van der Waals surface area contributed by atoms with Crippen LogP contribution in [0.4, 0.5) is 4.79 Å². The second-order valence-electron chi connectivity index (χ2n) is 5.87. The number of imide groups is 1. The number of amides is 3. The summed E-state index contributed by atoms with van der Waals surface area (Å²) in [5.41, 5.74) is 3.33. The number of carbonyl (C=O) groups excluding carboxylic acids is 2. The molecule has 2 aromatic rings. The molecule has 1 aliphatic heterocycles. The molecular weight excluding hydrogens is 304 g/mol. The van der Waals surface area contributed by atoms with Crippen molar-refractivity contribution in [3.05, 3.63) is 70.4 Å². The number of nitrogens with one attached hydrogen (secondary N) is 1. The van der Waals surface area contributed by atoms with Crippen molar-refractivity contribution in [1.29, 1.82) is 0 Å². The average molecular weight is 322 g/mol. The third-order valence-electron chi connectivity index (χ3n) is 3.97. The van der Waals surface area contributed by atoms with Crippen molar-refractivity contribution in [2.75, 3.05) is 0 Å². The van der Waals surface area contributed by atoms with Gasteiger partial charge in [0.1, 0.15) is 11.4 Å². The zero-order chi connectivity index (χ0) is 17.3. The summed E-state index contributed by atoms with van der Waals surface area (Å²) in [4.78, 5) is 25.8. The zero-order valence-electron chi connectivity index (χ0n) is 13.5. The number of phenols is 1. The lowest BCUT2D eigenvalue weighted by Crippen LogP contribution is -2.30. The highest BCUT2D eigenvalue weighted by Crippen LogP contribution is 2.25. The van der Waals surface area contributed by atoms with E-state index in [0.717, 1.165) is 22.3 Å². The summed E-state index contributed by atoms with van der Waals surface area (Å²) in [5.74, 6) is -0.114. The number of aromatic hydroxyl groups is 1. The molecule has 2 N–H and O–H groups in total. The predicted molar refractivity (Wildman–Crippen MR) is 91.1 cm³/mol. The van der Waals surface area contributed by atoms with E-state index in [9.17, 15) is 14.7 Å². The normalized spacial score (nSPS) is 15.9. The summed E-state index contributed by atoms with van der Waals surface area (Å²) in [6.07, 6.45) is 1.63. The predicted octanol–water partition coefficient (Wildman–Crippen LogP) is 3.10. The van der Waals surface area contributed by atoms with E-state index in [2.05, 4.69) is 5.32 Å². The number of carbonyl (C=O) groups is 2. The summed E-state index contributed by atoms with van der Waals surface area (Å²) in [6, 6.07) is 12.5. The Bertz CT molecular complexity index is 818. The molecule has 5 heteroatoms. The van der Waals surface area contributed by atoms with Crippen LogP contribution >= 0.6 is 0 Å². The highest BCUT2D eigenvalue weighted by Gasteiger charge is 2.33. The van der Waals surface area contributed by atoms with Crippen LogP contribution < -0.4 is 5.32 Å².